The molecule has 1 aliphatic rings. The number of carbonyl (C=O) groups is 1. The van der Waals surface area contributed by atoms with Crippen LogP contribution < -0.4 is 0 Å². The monoisotopic (exact) mass is 295 g/mol. The molecule has 0 spiro atoms. The Bertz CT molecular complexity index is 699. The number of rotatable bonds is 4. The van der Waals surface area contributed by atoms with Crippen LogP contribution in [0.4, 0.5) is 0 Å². The van der Waals surface area contributed by atoms with Gasteiger partial charge in [0.05, 0.1) is 6.07 Å². The van der Waals surface area contributed by atoms with E-state index in [1.54, 1.807) is 31.2 Å². The Balaban J connectivity index is 2.49. The Hall–Kier alpha value is -2.56. The van der Waals surface area contributed by atoms with Gasteiger partial charge in [0.25, 0.3) is 0 Å². The lowest BCUT2D eigenvalue weighted by Crippen LogP contribution is -2.34. The third kappa shape index (κ3) is 2.88. The molecule has 1 atom stereocenters. The highest BCUT2D eigenvalue weighted by Gasteiger charge is 2.60. The fourth-order valence-corrected chi connectivity index (χ4v) is 2.37. The van der Waals surface area contributed by atoms with Gasteiger partial charge in [0.2, 0.25) is 0 Å². The van der Waals surface area contributed by atoms with Crippen LogP contribution in [-0.4, -0.2) is 16.2 Å². The summed E-state index contributed by atoms with van der Waals surface area (Å²) in [5, 5.41) is 29.3. The lowest BCUT2D eigenvalue weighted by Gasteiger charge is -2.27. The Labute approximate surface area is 129 Å². The van der Waals surface area contributed by atoms with Crippen molar-refractivity contribution < 1.29 is 15.0 Å². The van der Waals surface area contributed by atoms with Crippen molar-refractivity contribution >= 4 is 5.97 Å². The summed E-state index contributed by atoms with van der Waals surface area (Å²) in [5.74, 6) is 4.45. The third-order valence-corrected chi connectivity index (χ3v) is 3.93. The van der Waals surface area contributed by atoms with E-state index in [2.05, 4.69) is 17.9 Å². The van der Waals surface area contributed by atoms with E-state index in [1.165, 1.54) is 0 Å². The van der Waals surface area contributed by atoms with Crippen molar-refractivity contribution in [3.63, 3.8) is 0 Å². The number of aliphatic hydroxyl groups is 1. The van der Waals surface area contributed by atoms with Crippen molar-refractivity contribution in [2.45, 2.75) is 31.8 Å². The first-order valence-corrected chi connectivity index (χ1v) is 7.13. The van der Waals surface area contributed by atoms with Gasteiger partial charge in [-0.15, -0.1) is 0 Å². The smallest absolute Gasteiger partial charge is 0.329 e. The minimum Gasteiger partial charge on any atom is -0.478 e. The first kappa shape index (κ1) is 15.8. The standard InChI is InChI=1S/C18H17NO3/c1-2-14(12-16(20)21)8-9-18(22,17(13-19)10-11-17)15-6-4-3-5-7-15/h3-7,12,22H,2,10-11H2,1H3,(H,20,21)/b14-12-/t18-/m0/s1. The van der Waals surface area contributed by atoms with Gasteiger partial charge in [-0.25, -0.2) is 4.79 Å². The molecule has 0 aliphatic heterocycles. The largest absolute Gasteiger partial charge is 0.478 e. The van der Waals surface area contributed by atoms with Crippen LogP contribution in [0.2, 0.25) is 0 Å². The molecule has 1 fully saturated rings. The van der Waals surface area contributed by atoms with Gasteiger partial charge in [-0.05, 0) is 24.8 Å². The molecule has 4 nitrogen and oxygen atoms in total. The Morgan fingerprint density at radius 3 is 2.50 bits per heavy atom. The number of hydrogen-bond donors (Lipinski definition) is 2. The van der Waals surface area contributed by atoms with Crippen molar-refractivity contribution in [3.05, 3.63) is 47.5 Å². The van der Waals surface area contributed by atoms with E-state index in [4.69, 9.17) is 5.11 Å². The minimum atomic E-state index is -1.59. The van der Waals surface area contributed by atoms with E-state index < -0.39 is 17.0 Å². The van der Waals surface area contributed by atoms with Crippen molar-refractivity contribution in [1.82, 2.24) is 0 Å². The molecule has 0 saturated heterocycles. The minimum absolute atomic E-state index is 0.413. The number of carboxylic acids is 1. The van der Waals surface area contributed by atoms with Crippen LogP contribution in [-0.2, 0) is 10.4 Å². The zero-order chi connectivity index (χ0) is 16.2. The zero-order valence-corrected chi connectivity index (χ0v) is 12.3. The Morgan fingerprint density at radius 2 is 2.05 bits per heavy atom. The van der Waals surface area contributed by atoms with E-state index in [9.17, 15) is 15.2 Å². The molecular formula is C18H17NO3. The summed E-state index contributed by atoms with van der Waals surface area (Å²) in [4.78, 5) is 10.8. The molecule has 22 heavy (non-hydrogen) atoms. The summed E-state index contributed by atoms with van der Waals surface area (Å²) in [6, 6.07) is 11.0. The topological polar surface area (TPSA) is 81.3 Å². The van der Waals surface area contributed by atoms with E-state index in [0.717, 1.165) is 6.08 Å². The molecule has 1 aliphatic carbocycles. The van der Waals surface area contributed by atoms with Gasteiger partial charge in [0, 0.05) is 11.6 Å². The molecule has 2 rings (SSSR count). The van der Waals surface area contributed by atoms with Gasteiger partial charge in [-0.1, -0.05) is 49.1 Å². The van der Waals surface area contributed by atoms with Gasteiger partial charge in [0.15, 0.2) is 5.60 Å². The lowest BCUT2D eigenvalue weighted by atomic mass is 9.79. The molecule has 1 aromatic rings. The third-order valence-electron chi connectivity index (χ3n) is 3.93. The molecule has 0 heterocycles. The first-order valence-electron chi connectivity index (χ1n) is 7.13. The highest BCUT2D eigenvalue weighted by Crippen LogP contribution is 2.57. The number of nitrogens with zero attached hydrogens (tertiary/aromatic N) is 1. The molecule has 1 saturated carbocycles. The average molecular weight is 295 g/mol. The van der Waals surface area contributed by atoms with E-state index in [0.29, 0.717) is 30.4 Å². The number of hydrogen-bond acceptors (Lipinski definition) is 3. The average Bonchev–Trinajstić information content (AvgIpc) is 3.33. The molecule has 0 unspecified atom stereocenters. The zero-order valence-electron chi connectivity index (χ0n) is 12.3. The summed E-state index contributed by atoms with van der Waals surface area (Å²) >= 11 is 0. The summed E-state index contributed by atoms with van der Waals surface area (Å²) in [7, 11) is 0. The molecule has 4 heteroatoms. The van der Waals surface area contributed by atoms with Crippen LogP contribution in [0.5, 0.6) is 0 Å². The molecule has 2 N–H and O–H groups in total. The predicted octanol–water partition coefficient (Wildman–Crippen LogP) is 2.60. The summed E-state index contributed by atoms with van der Waals surface area (Å²) in [5.41, 5.74) is -1.53. The summed E-state index contributed by atoms with van der Waals surface area (Å²) < 4.78 is 0. The molecule has 1 aromatic carbocycles. The first-order chi connectivity index (χ1) is 10.5. The van der Waals surface area contributed by atoms with Crippen LogP contribution in [0.25, 0.3) is 0 Å². The Morgan fingerprint density at radius 1 is 1.41 bits per heavy atom. The maximum absolute atomic E-state index is 11.1. The van der Waals surface area contributed by atoms with Gasteiger partial charge < -0.3 is 10.2 Å². The quantitative estimate of drug-likeness (QED) is 0.661. The lowest BCUT2D eigenvalue weighted by molar-refractivity contribution is -0.131. The number of carboxylic acid groups (broad SMARTS) is 1. The number of nitriles is 1. The van der Waals surface area contributed by atoms with Crippen LogP contribution in [0, 0.1) is 28.6 Å². The summed E-state index contributed by atoms with van der Waals surface area (Å²) in [6.45, 7) is 1.79. The fraction of sp³-hybridized carbons (Fsp3) is 0.333. The highest BCUT2D eigenvalue weighted by molar-refractivity contribution is 5.81. The SMILES string of the molecule is CC/C(C#C[C@](O)(c1ccccc1)C1(C#N)CC1)=C/C(=O)O. The molecule has 0 radical (unpaired) electrons. The normalized spacial score (nSPS) is 18.3. The van der Waals surface area contributed by atoms with Crippen molar-refractivity contribution in [2.75, 3.05) is 0 Å². The van der Waals surface area contributed by atoms with Crippen LogP contribution in [0.3, 0.4) is 0 Å². The second-order valence-electron chi connectivity index (χ2n) is 5.38. The van der Waals surface area contributed by atoms with Gasteiger partial charge in [-0.3, -0.25) is 0 Å². The fourth-order valence-electron chi connectivity index (χ4n) is 2.37. The molecule has 0 bridgehead atoms. The predicted molar refractivity (Wildman–Crippen MR) is 81.4 cm³/mol. The van der Waals surface area contributed by atoms with Crippen molar-refractivity contribution in [3.8, 4) is 17.9 Å². The van der Waals surface area contributed by atoms with Gasteiger partial charge in [0.1, 0.15) is 5.41 Å². The van der Waals surface area contributed by atoms with Crippen molar-refractivity contribution in [2.24, 2.45) is 5.41 Å². The number of benzene rings is 1. The van der Waals surface area contributed by atoms with Gasteiger partial charge >= 0.3 is 5.97 Å². The Kier molecular flexibility index (Phi) is 4.35. The van der Waals surface area contributed by atoms with Crippen LogP contribution in [0.1, 0.15) is 31.7 Å². The van der Waals surface area contributed by atoms with Crippen LogP contribution in [0.15, 0.2) is 42.0 Å². The molecule has 0 amide bonds. The van der Waals surface area contributed by atoms with Gasteiger partial charge in [-0.2, -0.15) is 5.26 Å². The van der Waals surface area contributed by atoms with E-state index in [-0.39, 0.29) is 0 Å². The second kappa shape index (κ2) is 6.05. The summed E-state index contributed by atoms with van der Waals surface area (Å²) in [6.07, 6.45) is 2.63. The van der Waals surface area contributed by atoms with E-state index in [1.807, 2.05) is 6.07 Å². The molecule has 0 aromatic heterocycles. The number of allylic oxidation sites excluding steroid dienone is 1. The molecular weight excluding hydrogens is 278 g/mol. The van der Waals surface area contributed by atoms with Crippen molar-refractivity contribution in [1.29, 1.82) is 5.26 Å². The molecule has 112 valence electrons. The van der Waals surface area contributed by atoms with Crippen LogP contribution >= 0.6 is 0 Å². The number of aliphatic carboxylic acids is 1. The maximum atomic E-state index is 11.1. The second-order valence-corrected chi connectivity index (χ2v) is 5.38. The van der Waals surface area contributed by atoms with E-state index >= 15 is 0 Å². The highest BCUT2D eigenvalue weighted by atomic mass is 16.4. The maximum Gasteiger partial charge on any atom is 0.329 e.